The topological polar surface area (TPSA) is 67.4 Å². The summed E-state index contributed by atoms with van der Waals surface area (Å²) in [5.41, 5.74) is 1.03. The van der Waals surface area contributed by atoms with Gasteiger partial charge < -0.3 is 15.4 Å². The fourth-order valence-electron chi connectivity index (χ4n) is 2.54. The maximum absolute atomic E-state index is 12.1. The van der Waals surface area contributed by atoms with Crippen molar-refractivity contribution >= 4 is 28.3 Å². The zero-order chi connectivity index (χ0) is 17.6. The van der Waals surface area contributed by atoms with Crippen LogP contribution in [0.15, 0.2) is 66.7 Å². The van der Waals surface area contributed by atoms with Crippen LogP contribution in [0.5, 0.6) is 5.75 Å². The molecule has 3 aromatic carbocycles. The van der Waals surface area contributed by atoms with E-state index in [2.05, 4.69) is 10.6 Å². The van der Waals surface area contributed by atoms with E-state index in [1.54, 1.807) is 31.3 Å². The molecule has 0 aliphatic carbocycles. The number of hydrogen-bond donors (Lipinski definition) is 2. The predicted octanol–water partition coefficient (Wildman–Crippen LogP) is 3.22. The van der Waals surface area contributed by atoms with Crippen molar-refractivity contribution in [3.05, 3.63) is 72.3 Å². The molecule has 0 saturated carbocycles. The highest BCUT2D eigenvalue weighted by atomic mass is 16.5. The Kier molecular flexibility index (Phi) is 4.95. The van der Waals surface area contributed by atoms with Crippen molar-refractivity contribution in [3.8, 4) is 5.75 Å². The van der Waals surface area contributed by atoms with Crippen LogP contribution in [0, 0.1) is 0 Å². The lowest BCUT2D eigenvalue weighted by atomic mass is 10.1. The molecule has 0 aliphatic rings. The summed E-state index contributed by atoms with van der Waals surface area (Å²) in [6.07, 6.45) is 0. The first-order chi connectivity index (χ1) is 12.2. The van der Waals surface area contributed by atoms with Crippen LogP contribution in [-0.4, -0.2) is 25.5 Å². The third-order valence-corrected chi connectivity index (χ3v) is 3.74. The van der Waals surface area contributed by atoms with Crippen LogP contribution in [0.25, 0.3) is 10.8 Å². The van der Waals surface area contributed by atoms with Crippen LogP contribution in [0.1, 0.15) is 10.4 Å². The van der Waals surface area contributed by atoms with Crippen molar-refractivity contribution in [1.82, 2.24) is 5.32 Å². The first-order valence-corrected chi connectivity index (χ1v) is 7.90. The van der Waals surface area contributed by atoms with Gasteiger partial charge in [-0.05, 0) is 29.7 Å². The third-order valence-electron chi connectivity index (χ3n) is 3.74. The van der Waals surface area contributed by atoms with Gasteiger partial charge in [0.05, 0.1) is 0 Å². The number of benzene rings is 3. The molecular formula is C20H18N2O3. The van der Waals surface area contributed by atoms with Gasteiger partial charge in [-0.15, -0.1) is 0 Å². The molecule has 2 amide bonds. The quantitative estimate of drug-likeness (QED) is 0.753. The number of carbonyl (C=O) groups excluding carboxylic acids is 2. The van der Waals surface area contributed by atoms with E-state index < -0.39 is 0 Å². The minimum atomic E-state index is -0.290. The van der Waals surface area contributed by atoms with Crippen LogP contribution >= 0.6 is 0 Å². The van der Waals surface area contributed by atoms with Gasteiger partial charge in [-0.2, -0.15) is 0 Å². The molecule has 0 unspecified atom stereocenters. The zero-order valence-electron chi connectivity index (χ0n) is 13.8. The Morgan fingerprint density at radius 3 is 2.56 bits per heavy atom. The van der Waals surface area contributed by atoms with Crippen molar-refractivity contribution in [2.24, 2.45) is 0 Å². The summed E-state index contributed by atoms with van der Waals surface area (Å²) in [7, 11) is 1.56. The number of anilines is 1. The molecule has 0 saturated heterocycles. The molecule has 0 fully saturated rings. The molecular weight excluding hydrogens is 316 g/mol. The van der Waals surface area contributed by atoms with Gasteiger partial charge >= 0.3 is 0 Å². The van der Waals surface area contributed by atoms with Crippen LogP contribution in [0.3, 0.4) is 0 Å². The van der Waals surface area contributed by atoms with Gasteiger partial charge in [0, 0.05) is 23.7 Å². The lowest BCUT2D eigenvalue weighted by molar-refractivity contribution is -0.118. The minimum absolute atomic E-state index is 0.113. The Hall–Kier alpha value is -3.34. The molecule has 0 radical (unpaired) electrons. The molecule has 25 heavy (non-hydrogen) atoms. The number of carbonyl (C=O) groups is 2. The molecule has 3 rings (SSSR count). The molecule has 0 atom stereocenters. The predicted molar refractivity (Wildman–Crippen MR) is 97.9 cm³/mol. The van der Waals surface area contributed by atoms with Gasteiger partial charge in [-0.3, -0.25) is 9.59 Å². The fraction of sp³-hybridized carbons (Fsp3) is 0.100. The lowest BCUT2D eigenvalue weighted by Gasteiger charge is -2.10. The summed E-state index contributed by atoms with van der Waals surface area (Å²) >= 11 is 0. The van der Waals surface area contributed by atoms with Gasteiger partial charge in [0.1, 0.15) is 5.75 Å². The average Bonchev–Trinajstić information content (AvgIpc) is 2.66. The maximum atomic E-state index is 12.1. The normalized spacial score (nSPS) is 10.3. The highest BCUT2D eigenvalue weighted by Crippen LogP contribution is 2.25. The number of rotatable bonds is 5. The monoisotopic (exact) mass is 334 g/mol. The second kappa shape index (κ2) is 7.49. The summed E-state index contributed by atoms with van der Waals surface area (Å²) in [6, 6.07) is 20.3. The SMILES string of the molecule is CNC(=O)c1cccc(NC(=O)COc2cccc3ccccc23)c1. The second-order valence-electron chi connectivity index (χ2n) is 5.47. The molecule has 0 bridgehead atoms. The largest absolute Gasteiger partial charge is 0.483 e. The Bertz CT molecular complexity index is 916. The summed E-state index contributed by atoms with van der Waals surface area (Å²) in [5.74, 6) is 0.164. The van der Waals surface area contributed by atoms with Crippen LogP contribution in [0.4, 0.5) is 5.69 Å². The van der Waals surface area contributed by atoms with Crippen molar-refractivity contribution in [3.63, 3.8) is 0 Å². The molecule has 0 heterocycles. The van der Waals surface area contributed by atoms with Gasteiger partial charge in [-0.1, -0.05) is 42.5 Å². The standard InChI is InChI=1S/C20H18N2O3/c1-21-20(24)15-8-4-9-16(12-15)22-19(23)13-25-18-11-5-7-14-6-2-3-10-17(14)18/h2-12H,13H2,1H3,(H,21,24)(H,22,23). The molecule has 126 valence electrons. The van der Waals surface area contributed by atoms with E-state index in [-0.39, 0.29) is 18.4 Å². The number of fused-ring (bicyclic) bond motifs is 1. The van der Waals surface area contributed by atoms with Crippen LogP contribution in [-0.2, 0) is 4.79 Å². The molecule has 0 spiro atoms. The van der Waals surface area contributed by atoms with E-state index in [0.29, 0.717) is 17.0 Å². The molecule has 3 aromatic rings. The average molecular weight is 334 g/mol. The highest BCUT2D eigenvalue weighted by molar-refractivity contribution is 5.97. The van der Waals surface area contributed by atoms with Gasteiger partial charge in [-0.25, -0.2) is 0 Å². The Morgan fingerprint density at radius 1 is 0.960 bits per heavy atom. The highest BCUT2D eigenvalue weighted by Gasteiger charge is 2.08. The van der Waals surface area contributed by atoms with Gasteiger partial charge in [0.25, 0.3) is 11.8 Å². The summed E-state index contributed by atoms with van der Waals surface area (Å²) in [5, 5.41) is 7.30. The van der Waals surface area contributed by atoms with Crippen LogP contribution < -0.4 is 15.4 Å². The number of amides is 2. The summed E-state index contributed by atoms with van der Waals surface area (Å²) < 4.78 is 5.66. The van der Waals surface area contributed by atoms with Crippen molar-refractivity contribution in [2.75, 3.05) is 19.0 Å². The fourth-order valence-corrected chi connectivity index (χ4v) is 2.54. The first-order valence-electron chi connectivity index (χ1n) is 7.90. The molecule has 5 heteroatoms. The smallest absolute Gasteiger partial charge is 0.262 e. The van der Waals surface area contributed by atoms with Crippen molar-refractivity contribution in [1.29, 1.82) is 0 Å². The summed E-state index contributed by atoms with van der Waals surface area (Å²) in [6.45, 7) is -0.113. The van der Waals surface area contributed by atoms with E-state index in [0.717, 1.165) is 10.8 Å². The number of hydrogen-bond acceptors (Lipinski definition) is 3. The Morgan fingerprint density at radius 2 is 1.72 bits per heavy atom. The molecule has 5 nitrogen and oxygen atoms in total. The van der Waals surface area contributed by atoms with E-state index >= 15 is 0 Å². The molecule has 2 N–H and O–H groups in total. The van der Waals surface area contributed by atoms with Gasteiger partial charge in [0.15, 0.2) is 6.61 Å². The minimum Gasteiger partial charge on any atom is -0.483 e. The number of nitrogens with one attached hydrogen (secondary N) is 2. The summed E-state index contributed by atoms with van der Waals surface area (Å²) in [4.78, 5) is 23.8. The Balaban J connectivity index is 1.66. The molecule has 0 aromatic heterocycles. The van der Waals surface area contributed by atoms with Crippen molar-refractivity contribution in [2.45, 2.75) is 0 Å². The van der Waals surface area contributed by atoms with E-state index in [1.165, 1.54) is 0 Å². The van der Waals surface area contributed by atoms with Crippen molar-refractivity contribution < 1.29 is 14.3 Å². The third kappa shape index (κ3) is 3.95. The first kappa shape index (κ1) is 16.5. The van der Waals surface area contributed by atoms with Gasteiger partial charge in [0.2, 0.25) is 0 Å². The van der Waals surface area contributed by atoms with E-state index in [1.807, 2.05) is 42.5 Å². The molecule has 0 aliphatic heterocycles. The second-order valence-corrected chi connectivity index (χ2v) is 5.47. The van der Waals surface area contributed by atoms with E-state index in [9.17, 15) is 9.59 Å². The zero-order valence-corrected chi connectivity index (χ0v) is 13.8. The lowest BCUT2D eigenvalue weighted by Crippen LogP contribution is -2.21. The van der Waals surface area contributed by atoms with E-state index in [4.69, 9.17) is 4.74 Å². The number of ether oxygens (including phenoxy) is 1. The Labute approximate surface area is 145 Å². The maximum Gasteiger partial charge on any atom is 0.262 e. The van der Waals surface area contributed by atoms with Crippen LogP contribution in [0.2, 0.25) is 0 Å².